The normalized spacial score (nSPS) is 17.9. The van der Waals surface area contributed by atoms with E-state index in [9.17, 15) is 9.18 Å². The van der Waals surface area contributed by atoms with E-state index in [1.807, 2.05) is 17.0 Å². The van der Waals surface area contributed by atoms with Crippen molar-refractivity contribution in [2.24, 2.45) is 5.73 Å². The van der Waals surface area contributed by atoms with Gasteiger partial charge < -0.3 is 15.4 Å². The number of nitrogens with zero attached hydrogens (tertiary/aromatic N) is 1. The maximum atomic E-state index is 13.2. The maximum absolute atomic E-state index is 13.2. The number of nitrogens with two attached hydrogens (primary N) is 1. The third-order valence-electron chi connectivity index (χ3n) is 5.65. The number of hydrogen-bond acceptors (Lipinski definition) is 3. The Morgan fingerprint density at radius 1 is 1.22 bits per heavy atom. The zero-order valence-electron chi connectivity index (χ0n) is 15.2. The molecule has 2 aromatic carbocycles. The minimum absolute atomic E-state index is 0.0242. The Bertz CT molecular complexity index is 886. The van der Waals surface area contributed by atoms with Crippen molar-refractivity contribution in [3.63, 3.8) is 0 Å². The SMILES string of the molecule is NCc1ccc2c(c1)C1(CCN(C(=O)/C=C/c3cccc(F)c3)CC1)CO2. The van der Waals surface area contributed by atoms with Gasteiger partial charge >= 0.3 is 0 Å². The summed E-state index contributed by atoms with van der Waals surface area (Å²) in [6, 6.07) is 12.4. The number of benzene rings is 2. The molecule has 2 N–H and O–H groups in total. The van der Waals surface area contributed by atoms with Crippen LogP contribution >= 0.6 is 0 Å². The van der Waals surface area contributed by atoms with Gasteiger partial charge in [-0.15, -0.1) is 0 Å². The van der Waals surface area contributed by atoms with Crippen molar-refractivity contribution in [1.82, 2.24) is 4.90 Å². The number of hydrogen-bond donors (Lipinski definition) is 1. The number of likely N-dealkylation sites (tertiary alicyclic amines) is 1. The van der Waals surface area contributed by atoms with Gasteiger partial charge in [-0.2, -0.15) is 0 Å². The largest absolute Gasteiger partial charge is 0.492 e. The fraction of sp³-hybridized carbons (Fsp3) is 0.318. The van der Waals surface area contributed by atoms with Crippen molar-refractivity contribution in [3.05, 3.63) is 71.0 Å². The average Bonchev–Trinajstić information content (AvgIpc) is 3.04. The first-order chi connectivity index (χ1) is 13.1. The molecule has 2 aliphatic heterocycles. The van der Waals surface area contributed by atoms with Gasteiger partial charge in [-0.05, 0) is 48.2 Å². The summed E-state index contributed by atoms with van der Waals surface area (Å²) in [6.07, 6.45) is 4.93. The molecule has 1 spiro atoms. The van der Waals surface area contributed by atoms with Crippen LogP contribution in [0.3, 0.4) is 0 Å². The van der Waals surface area contributed by atoms with E-state index in [0.29, 0.717) is 31.8 Å². The van der Waals surface area contributed by atoms with Gasteiger partial charge in [-0.25, -0.2) is 4.39 Å². The highest BCUT2D eigenvalue weighted by Gasteiger charge is 2.43. The molecule has 0 bridgehead atoms. The lowest BCUT2D eigenvalue weighted by Crippen LogP contribution is -2.45. The van der Waals surface area contributed by atoms with Crippen molar-refractivity contribution in [1.29, 1.82) is 0 Å². The second-order valence-electron chi connectivity index (χ2n) is 7.32. The fourth-order valence-corrected chi connectivity index (χ4v) is 3.99. The van der Waals surface area contributed by atoms with Gasteiger partial charge in [0.15, 0.2) is 0 Å². The fourth-order valence-electron chi connectivity index (χ4n) is 3.99. The molecule has 2 aromatic rings. The number of carbonyl (C=O) groups excluding carboxylic acids is 1. The Labute approximate surface area is 158 Å². The maximum Gasteiger partial charge on any atom is 0.246 e. The highest BCUT2D eigenvalue weighted by Crippen LogP contribution is 2.45. The van der Waals surface area contributed by atoms with Crippen LogP contribution in [0.5, 0.6) is 5.75 Å². The van der Waals surface area contributed by atoms with Gasteiger partial charge in [-0.1, -0.05) is 24.3 Å². The average molecular weight is 366 g/mol. The molecule has 0 unspecified atom stereocenters. The number of halogens is 1. The van der Waals surface area contributed by atoms with Gasteiger partial charge in [0.1, 0.15) is 11.6 Å². The quantitative estimate of drug-likeness (QED) is 0.849. The van der Waals surface area contributed by atoms with Crippen LogP contribution in [-0.2, 0) is 16.8 Å². The van der Waals surface area contributed by atoms with E-state index < -0.39 is 0 Å². The lowest BCUT2D eigenvalue weighted by atomic mass is 9.74. The van der Waals surface area contributed by atoms with E-state index in [2.05, 4.69) is 6.07 Å². The van der Waals surface area contributed by atoms with Crippen LogP contribution in [0.1, 0.15) is 29.5 Å². The van der Waals surface area contributed by atoms with Gasteiger partial charge in [0, 0.05) is 36.7 Å². The standard InChI is InChI=1S/C22H23FN2O2/c23-18-3-1-2-16(12-18)5-7-21(26)25-10-8-22(9-11-25)15-27-20-6-4-17(14-24)13-19(20)22/h1-7,12-13H,8-11,14-15,24H2/b7-5+. The van der Waals surface area contributed by atoms with Crippen molar-refractivity contribution < 1.29 is 13.9 Å². The number of carbonyl (C=O) groups is 1. The van der Waals surface area contributed by atoms with Crippen molar-refractivity contribution in [3.8, 4) is 5.75 Å². The van der Waals surface area contributed by atoms with Crippen LogP contribution in [0.15, 0.2) is 48.5 Å². The zero-order chi connectivity index (χ0) is 18.9. The monoisotopic (exact) mass is 366 g/mol. The molecular formula is C22H23FN2O2. The molecule has 0 aromatic heterocycles. The second kappa shape index (κ2) is 7.16. The van der Waals surface area contributed by atoms with Crippen molar-refractivity contribution >= 4 is 12.0 Å². The van der Waals surface area contributed by atoms with Gasteiger partial charge in [0.2, 0.25) is 5.91 Å². The molecule has 4 nitrogen and oxygen atoms in total. The predicted molar refractivity (Wildman–Crippen MR) is 103 cm³/mol. The Morgan fingerprint density at radius 2 is 2.04 bits per heavy atom. The second-order valence-corrected chi connectivity index (χ2v) is 7.32. The van der Waals surface area contributed by atoms with Gasteiger partial charge in [-0.3, -0.25) is 4.79 Å². The molecule has 140 valence electrons. The summed E-state index contributed by atoms with van der Waals surface area (Å²) >= 11 is 0. The van der Waals surface area contributed by atoms with E-state index in [0.717, 1.165) is 24.2 Å². The van der Waals surface area contributed by atoms with Crippen LogP contribution in [-0.4, -0.2) is 30.5 Å². The smallest absolute Gasteiger partial charge is 0.246 e. The molecule has 0 saturated carbocycles. The third kappa shape index (κ3) is 3.47. The number of fused-ring (bicyclic) bond motifs is 2. The lowest BCUT2D eigenvalue weighted by Gasteiger charge is -2.38. The number of piperidine rings is 1. The molecular weight excluding hydrogens is 343 g/mol. The first-order valence-corrected chi connectivity index (χ1v) is 9.28. The van der Waals surface area contributed by atoms with E-state index in [-0.39, 0.29) is 17.1 Å². The molecule has 27 heavy (non-hydrogen) atoms. The molecule has 1 amide bonds. The minimum atomic E-state index is -0.304. The van der Waals surface area contributed by atoms with Crippen LogP contribution in [0.2, 0.25) is 0 Å². The van der Waals surface area contributed by atoms with E-state index in [1.54, 1.807) is 18.2 Å². The summed E-state index contributed by atoms with van der Waals surface area (Å²) < 4.78 is 19.2. The summed E-state index contributed by atoms with van der Waals surface area (Å²) in [6.45, 7) is 2.54. The molecule has 1 saturated heterocycles. The highest BCUT2D eigenvalue weighted by atomic mass is 19.1. The minimum Gasteiger partial charge on any atom is -0.492 e. The third-order valence-corrected chi connectivity index (χ3v) is 5.65. The Morgan fingerprint density at radius 3 is 2.78 bits per heavy atom. The molecule has 4 rings (SSSR count). The lowest BCUT2D eigenvalue weighted by molar-refractivity contribution is -0.127. The summed E-state index contributed by atoms with van der Waals surface area (Å²) in [7, 11) is 0. The molecule has 2 aliphatic rings. The topological polar surface area (TPSA) is 55.6 Å². The number of ether oxygens (including phenoxy) is 1. The Kier molecular flexibility index (Phi) is 4.70. The van der Waals surface area contributed by atoms with Crippen LogP contribution < -0.4 is 10.5 Å². The zero-order valence-corrected chi connectivity index (χ0v) is 15.2. The molecule has 0 atom stereocenters. The Balaban J connectivity index is 1.43. The van der Waals surface area contributed by atoms with E-state index in [1.165, 1.54) is 23.8 Å². The highest BCUT2D eigenvalue weighted by molar-refractivity contribution is 5.91. The predicted octanol–water partition coefficient (Wildman–Crippen LogP) is 3.25. The summed E-state index contributed by atoms with van der Waals surface area (Å²) in [4.78, 5) is 14.4. The van der Waals surface area contributed by atoms with E-state index in [4.69, 9.17) is 10.5 Å². The summed E-state index contributed by atoms with van der Waals surface area (Å²) in [5.41, 5.74) is 8.79. The first-order valence-electron chi connectivity index (χ1n) is 9.28. The molecule has 0 aliphatic carbocycles. The molecule has 1 fully saturated rings. The van der Waals surface area contributed by atoms with Crippen molar-refractivity contribution in [2.45, 2.75) is 24.8 Å². The van der Waals surface area contributed by atoms with Crippen LogP contribution in [0, 0.1) is 5.82 Å². The summed E-state index contributed by atoms with van der Waals surface area (Å²) in [5.74, 6) is 0.600. The number of rotatable bonds is 3. The van der Waals surface area contributed by atoms with Crippen molar-refractivity contribution in [2.75, 3.05) is 19.7 Å². The van der Waals surface area contributed by atoms with Gasteiger partial charge in [0.25, 0.3) is 0 Å². The van der Waals surface area contributed by atoms with Crippen LogP contribution in [0.25, 0.3) is 6.08 Å². The molecule has 2 heterocycles. The first kappa shape index (κ1) is 17.7. The summed E-state index contributed by atoms with van der Waals surface area (Å²) in [5, 5.41) is 0. The molecule has 5 heteroatoms. The van der Waals surface area contributed by atoms with Crippen LogP contribution in [0.4, 0.5) is 4.39 Å². The molecule has 0 radical (unpaired) electrons. The Hall–Kier alpha value is -2.66. The number of amides is 1. The van der Waals surface area contributed by atoms with E-state index >= 15 is 0 Å². The van der Waals surface area contributed by atoms with Gasteiger partial charge in [0.05, 0.1) is 6.61 Å².